The van der Waals surface area contributed by atoms with Crippen LogP contribution in [0.3, 0.4) is 0 Å². The van der Waals surface area contributed by atoms with E-state index in [0.717, 1.165) is 9.87 Å². The number of rotatable bonds is 13. The van der Waals surface area contributed by atoms with E-state index >= 15 is 0 Å². The van der Waals surface area contributed by atoms with E-state index in [1.807, 2.05) is 44.2 Å². The quantitative estimate of drug-likeness (QED) is 0.155. The molecule has 4 aromatic carbocycles. The summed E-state index contributed by atoms with van der Waals surface area (Å²) < 4.78 is 29.4. The van der Waals surface area contributed by atoms with Crippen LogP contribution < -0.4 is 9.62 Å². The lowest BCUT2D eigenvalue weighted by atomic mass is 10.0. The van der Waals surface area contributed by atoms with E-state index in [2.05, 4.69) is 5.32 Å². The molecule has 0 saturated heterocycles. The maximum absolute atomic E-state index is 14.6. The molecule has 242 valence electrons. The molecule has 0 aromatic heterocycles. The summed E-state index contributed by atoms with van der Waals surface area (Å²) >= 11 is 19.4. The number of anilines is 1. The molecule has 4 rings (SSSR count). The first-order valence-corrected chi connectivity index (χ1v) is 17.4. The number of halogens is 3. The van der Waals surface area contributed by atoms with Crippen molar-refractivity contribution in [1.29, 1.82) is 0 Å². The first-order chi connectivity index (χ1) is 21.9. The Morgan fingerprint density at radius 3 is 2.04 bits per heavy atom. The third-order valence-electron chi connectivity index (χ3n) is 7.70. The minimum absolute atomic E-state index is 0.00759. The molecule has 0 aliphatic rings. The van der Waals surface area contributed by atoms with Crippen LogP contribution in [-0.4, -0.2) is 43.8 Å². The standard InChI is InChI=1S/C35H36Cl3N3O4S/c1-4-25(3)39-35(43)33(21-26-12-7-5-8-13-26)40(22-29-30(37)16-11-17-31(29)38)34(42)23-41(32-19-18-27(36)20-24(32)2)46(44,45)28-14-9-6-10-15-28/h5-20,25,33H,4,21-23H2,1-3H3,(H,39,43)/t25-,33+/m1/s1. The van der Waals surface area contributed by atoms with E-state index in [9.17, 15) is 18.0 Å². The average molecular weight is 701 g/mol. The van der Waals surface area contributed by atoms with Crippen molar-refractivity contribution in [3.8, 4) is 0 Å². The molecule has 0 saturated carbocycles. The van der Waals surface area contributed by atoms with Crippen LogP contribution in [0.4, 0.5) is 5.69 Å². The van der Waals surface area contributed by atoms with Gasteiger partial charge in [0.2, 0.25) is 11.8 Å². The SMILES string of the molecule is CC[C@@H](C)NC(=O)[C@H](Cc1ccccc1)N(Cc1c(Cl)cccc1Cl)C(=O)CN(c1ccc(Cl)cc1C)S(=O)(=O)c1ccccc1. The fourth-order valence-electron chi connectivity index (χ4n) is 4.98. The molecule has 0 fully saturated rings. The Bertz CT molecular complexity index is 1750. The molecule has 0 aliphatic heterocycles. The fraction of sp³-hybridized carbons (Fsp3) is 0.257. The zero-order valence-corrected chi connectivity index (χ0v) is 28.9. The molecule has 11 heteroatoms. The van der Waals surface area contributed by atoms with Crippen molar-refractivity contribution in [1.82, 2.24) is 10.2 Å². The Balaban J connectivity index is 1.86. The van der Waals surface area contributed by atoms with Gasteiger partial charge in [-0.2, -0.15) is 0 Å². The van der Waals surface area contributed by atoms with Gasteiger partial charge in [-0.25, -0.2) is 8.42 Å². The van der Waals surface area contributed by atoms with Crippen LogP contribution in [0.25, 0.3) is 0 Å². The summed E-state index contributed by atoms with van der Waals surface area (Å²) in [5.41, 5.74) is 2.09. The molecule has 0 heterocycles. The molecule has 1 N–H and O–H groups in total. The predicted octanol–water partition coefficient (Wildman–Crippen LogP) is 7.71. The molecule has 4 aromatic rings. The van der Waals surface area contributed by atoms with Gasteiger partial charge in [0.1, 0.15) is 12.6 Å². The van der Waals surface area contributed by atoms with Crippen LogP contribution in [0.15, 0.2) is 102 Å². The molecule has 0 bridgehead atoms. The van der Waals surface area contributed by atoms with Crippen molar-refractivity contribution < 1.29 is 18.0 Å². The third kappa shape index (κ3) is 8.62. The van der Waals surface area contributed by atoms with Crippen LogP contribution in [0, 0.1) is 6.92 Å². The van der Waals surface area contributed by atoms with E-state index < -0.39 is 28.5 Å². The highest BCUT2D eigenvalue weighted by molar-refractivity contribution is 7.92. The number of nitrogens with zero attached hydrogens (tertiary/aromatic N) is 2. The fourth-order valence-corrected chi connectivity index (χ4v) is 7.22. The average Bonchev–Trinajstić information content (AvgIpc) is 3.03. The Labute approximate surface area is 286 Å². The number of benzene rings is 4. The zero-order valence-electron chi connectivity index (χ0n) is 25.8. The summed E-state index contributed by atoms with van der Waals surface area (Å²) in [6.07, 6.45) is 0.843. The van der Waals surface area contributed by atoms with Crippen molar-refractivity contribution in [2.24, 2.45) is 0 Å². The number of carbonyl (C=O) groups is 2. The molecular formula is C35H36Cl3N3O4S. The summed E-state index contributed by atoms with van der Waals surface area (Å²) in [4.78, 5) is 30.0. The molecule has 7 nitrogen and oxygen atoms in total. The number of carbonyl (C=O) groups excluding carboxylic acids is 2. The first kappa shape index (κ1) is 35.3. The maximum Gasteiger partial charge on any atom is 0.264 e. The number of amides is 2. The van der Waals surface area contributed by atoms with Gasteiger partial charge in [0.15, 0.2) is 0 Å². The first-order valence-electron chi connectivity index (χ1n) is 14.8. The Hall–Kier alpha value is -3.56. The Morgan fingerprint density at radius 1 is 0.848 bits per heavy atom. The van der Waals surface area contributed by atoms with Crippen LogP contribution in [-0.2, 0) is 32.6 Å². The van der Waals surface area contributed by atoms with E-state index in [1.165, 1.54) is 17.0 Å². The van der Waals surface area contributed by atoms with Gasteiger partial charge >= 0.3 is 0 Å². The van der Waals surface area contributed by atoms with Gasteiger partial charge in [-0.1, -0.05) is 96.3 Å². The molecule has 46 heavy (non-hydrogen) atoms. The number of nitrogens with one attached hydrogen (secondary N) is 1. The lowest BCUT2D eigenvalue weighted by Gasteiger charge is -2.35. The van der Waals surface area contributed by atoms with E-state index in [-0.39, 0.29) is 35.5 Å². The van der Waals surface area contributed by atoms with Crippen molar-refractivity contribution in [3.63, 3.8) is 0 Å². The molecule has 0 aliphatic carbocycles. The summed E-state index contributed by atoms with van der Waals surface area (Å²) in [7, 11) is -4.24. The smallest absolute Gasteiger partial charge is 0.264 e. The lowest BCUT2D eigenvalue weighted by molar-refractivity contribution is -0.140. The molecule has 0 radical (unpaired) electrons. The predicted molar refractivity (Wildman–Crippen MR) is 186 cm³/mol. The highest BCUT2D eigenvalue weighted by atomic mass is 35.5. The van der Waals surface area contributed by atoms with Crippen molar-refractivity contribution in [3.05, 3.63) is 129 Å². The van der Waals surface area contributed by atoms with Gasteiger partial charge in [0.05, 0.1) is 10.6 Å². The summed E-state index contributed by atoms with van der Waals surface area (Å²) in [5, 5.41) is 4.06. The number of aryl methyl sites for hydroxylation is 1. The van der Waals surface area contributed by atoms with E-state index in [0.29, 0.717) is 32.6 Å². The third-order valence-corrected chi connectivity index (χ3v) is 10.4. The maximum atomic E-state index is 14.6. The second-order valence-electron chi connectivity index (χ2n) is 11.0. The van der Waals surface area contributed by atoms with Crippen LogP contribution in [0.2, 0.25) is 15.1 Å². The number of hydrogen-bond donors (Lipinski definition) is 1. The van der Waals surface area contributed by atoms with Crippen molar-refractivity contribution in [2.45, 2.75) is 57.1 Å². The molecule has 2 atom stereocenters. The Kier molecular flexibility index (Phi) is 12.1. The number of hydrogen-bond acceptors (Lipinski definition) is 4. The summed E-state index contributed by atoms with van der Waals surface area (Å²) in [5.74, 6) is -1.00. The van der Waals surface area contributed by atoms with Crippen molar-refractivity contribution >= 4 is 62.3 Å². The van der Waals surface area contributed by atoms with Gasteiger partial charge in [0.25, 0.3) is 10.0 Å². The minimum Gasteiger partial charge on any atom is -0.352 e. The normalized spacial score (nSPS) is 12.7. The zero-order chi connectivity index (χ0) is 33.4. The van der Waals surface area contributed by atoms with Gasteiger partial charge in [0, 0.05) is 39.6 Å². The molecule has 0 spiro atoms. The van der Waals surface area contributed by atoms with Crippen LogP contribution in [0.1, 0.15) is 37.0 Å². The molecule has 0 unspecified atom stereocenters. The highest BCUT2D eigenvalue weighted by Gasteiger charge is 2.36. The monoisotopic (exact) mass is 699 g/mol. The van der Waals surface area contributed by atoms with E-state index in [4.69, 9.17) is 34.8 Å². The summed E-state index contributed by atoms with van der Waals surface area (Å²) in [6.45, 7) is 4.81. The topological polar surface area (TPSA) is 86.8 Å². The van der Waals surface area contributed by atoms with E-state index in [1.54, 1.807) is 61.5 Å². The molecule has 2 amide bonds. The van der Waals surface area contributed by atoms with Gasteiger partial charge in [-0.05, 0) is 73.9 Å². The summed E-state index contributed by atoms with van der Waals surface area (Å²) in [6, 6.07) is 25.8. The second kappa shape index (κ2) is 15.8. The minimum atomic E-state index is -4.24. The van der Waals surface area contributed by atoms with Gasteiger partial charge in [-0.15, -0.1) is 0 Å². The number of sulfonamides is 1. The van der Waals surface area contributed by atoms with Gasteiger partial charge in [-0.3, -0.25) is 13.9 Å². The van der Waals surface area contributed by atoms with Crippen LogP contribution in [0.5, 0.6) is 0 Å². The molecular weight excluding hydrogens is 665 g/mol. The second-order valence-corrected chi connectivity index (χ2v) is 14.1. The van der Waals surface area contributed by atoms with Crippen LogP contribution >= 0.6 is 34.8 Å². The lowest BCUT2D eigenvalue weighted by Crippen LogP contribution is -2.54. The Morgan fingerprint density at radius 2 is 1.46 bits per heavy atom. The van der Waals surface area contributed by atoms with Gasteiger partial charge < -0.3 is 10.2 Å². The largest absolute Gasteiger partial charge is 0.352 e. The van der Waals surface area contributed by atoms with Crippen molar-refractivity contribution in [2.75, 3.05) is 10.8 Å². The highest BCUT2D eigenvalue weighted by Crippen LogP contribution is 2.31.